The first-order chi connectivity index (χ1) is 10.6. The number of carbonyl (C=O) groups excluding carboxylic acids is 1. The van der Waals surface area contributed by atoms with Gasteiger partial charge in [-0.2, -0.15) is 0 Å². The summed E-state index contributed by atoms with van der Waals surface area (Å²) < 4.78 is 19.2. The minimum absolute atomic E-state index is 0.150. The summed E-state index contributed by atoms with van der Waals surface area (Å²) in [5.74, 6) is 0.317. The first-order valence-corrected chi connectivity index (χ1v) is 8.91. The van der Waals surface area contributed by atoms with Gasteiger partial charge in [0.05, 0.1) is 21.7 Å². The Balaban J connectivity index is 1.87. The van der Waals surface area contributed by atoms with Gasteiger partial charge in [-0.25, -0.2) is 9.18 Å². The number of hydrogen-bond acceptors (Lipinski definition) is 4. The predicted molar refractivity (Wildman–Crippen MR) is 86.7 cm³/mol. The highest BCUT2D eigenvalue weighted by atomic mass is 79.9. The van der Waals surface area contributed by atoms with Gasteiger partial charge in [-0.15, -0.1) is 11.8 Å². The fourth-order valence-corrected chi connectivity index (χ4v) is 4.81. The Kier molecular flexibility index (Phi) is 3.53. The molecule has 3 aliphatic rings. The van der Waals surface area contributed by atoms with Crippen LogP contribution in [0.15, 0.2) is 44.5 Å². The molecule has 0 spiro atoms. The van der Waals surface area contributed by atoms with Crippen LogP contribution in [0.3, 0.4) is 0 Å². The fraction of sp³-hybridized carbons (Fsp3) is 0.312. The normalized spacial score (nSPS) is 23.9. The van der Waals surface area contributed by atoms with E-state index in [0.29, 0.717) is 16.7 Å². The standard InChI is InChI=1S/C16H13BrFNO2S/c17-9-6-8(3-4-10(9)18)13-14-12(7-21-16(14)20)19-11-2-1-5-22-15(11)13/h3-4,6,13,19H,1-2,5,7H2/t13-/m1/s1. The molecule has 114 valence electrons. The van der Waals surface area contributed by atoms with Crippen molar-refractivity contribution in [1.82, 2.24) is 5.32 Å². The Labute approximate surface area is 140 Å². The number of carbonyl (C=O) groups is 1. The van der Waals surface area contributed by atoms with Crippen LogP contribution < -0.4 is 5.32 Å². The van der Waals surface area contributed by atoms with E-state index < -0.39 is 0 Å². The maximum absolute atomic E-state index is 13.6. The average molecular weight is 382 g/mol. The number of benzene rings is 1. The number of cyclic esters (lactones) is 1. The first kappa shape index (κ1) is 14.3. The highest BCUT2D eigenvalue weighted by molar-refractivity contribution is 9.10. The molecule has 0 amide bonds. The number of esters is 1. The third-order valence-electron chi connectivity index (χ3n) is 4.15. The topological polar surface area (TPSA) is 38.3 Å². The van der Waals surface area contributed by atoms with E-state index in [1.54, 1.807) is 23.9 Å². The highest BCUT2D eigenvalue weighted by Crippen LogP contribution is 2.48. The summed E-state index contributed by atoms with van der Waals surface area (Å²) in [5, 5.41) is 3.38. The van der Waals surface area contributed by atoms with Gasteiger partial charge in [-0.05, 0) is 52.2 Å². The molecule has 0 aliphatic carbocycles. The zero-order chi connectivity index (χ0) is 15.3. The fourth-order valence-electron chi connectivity index (χ4n) is 3.16. The minimum Gasteiger partial charge on any atom is -0.456 e. The van der Waals surface area contributed by atoms with Crippen molar-refractivity contribution in [1.29, 1.82) is 0 Å². The van der Waals surface area contributed by atoms with Crippen LogP contribution in [0.2, 0.25) is 0 Å². The quantitative estimate of drug-likeness (QED) is 0.750. The molecule has 0 bridgehead atoms. The molecular formula is C16H13BrFNO2S. The Morgan fingerprint density at radius 2 is 2.23 bits per heavy atom. The van der Waals surface area contributed by atoms with Crippen molar-refractivity contribution in [3.8, 4) is 0 Å². The summed E-state index contributed by atoms with van der Waals surface area (Å²) in [7, 11) is 0. The summed E-state index contributed by atoms with van der Waals surface area (Å²) >= 11 is 5.02. The lowest BCUT2D eigenvalue weighted by molar-refractivity contribution is -0.136. The van der Waals surface area contributed by atoms with E-state index in [-0.39, 0.29) is 17.7 Å². The lowest BCUT2D eigenvalue weighted by atomic mass is 9.86. The van der Waals surface area contributed by atoms with Gasteiger partial charge >= 0.3 is 5.97 Å². The molecule has 22 heavy (non-hydrogen) atoms. The zero-order valence-electron chi connectivity index (χ0n) is 11.6. The van der Waals surface area contributed by atoms with Crippen LogP contribution in [-0.4, -0.2) is 18.3 Å². The number of halogens is 2. The zero-order valence-corrected chi connectivity index (χ0v) is 14.0. The molecule has 1 atom stereocenters. The van der Waals surface area contributed by atoms with Crippen molar-refractivity contribution >= 4 is 33.7 Å². The van der Waals surface area contributed by atoms with Crippen LogP contribution in [0.25, 0.3) is 0 Å². The number of hydrogen-bond donors (Lipinski definition) is 1. The van der Waals surface area contributed by atoms with Gasteiger partial charge in [-0.1, -0.05) is 6.07 Å². The largest absolute Gasteiger partial charge is 0.456 e. The second-order valence-corrected chi connectivity index (χ2v) is 7.49. The Bertz CT molecular complexity index is 744. The third-order valence-corrected chi connectivity index (χ3v) is 6.04. The number of dihydropyridines is 1. The predicted octanol–water partition coefficient (Wildman–Crippen LogP) is 3.82. The van der Waals surface area contributed by atoms with Crippen molar-refractivity contribution < 1.29 is 13.9 Å². The Morgan fingerprint density at radius 1 is 1.36 bits per heavy atom. The van der Waals surface area contributed by atoms with Crippen LogP contribution in [0.1, 0.15) is 24.3 Å². The molecule has 1 aromatic carbocycles. The Morgan fingerprint density at radius 3 is 3.05 bits per heavy atom. The maximum atomic E-state index is 13.6. The molecule has 1 aromatic rings. The van der Waals surface area contributed by atoms with Crippen LogP contribution >= 0.6 is 27.7 Å². The van der Waals surface area contributed by atoms with E-state index in [1.807, 2.05) is 0 Å². The second-order valence-electron chi connectivity index (χ2n) is 5.49. The van der Waals surface area contributed by atoms with Crippen molar-refractivity contribution in [2.24, 2.45) is 0 Å². The minimum atomic E-state index is -0.300. The number of thioether (sulfide) groups is 1. The molecule has 0 saturated heterocycles. The number of rotatable bonds is 1. The van der Waals surface area contributed by atoms with Crippen LogP contribution in [-0.2, 0) is 9.53 Å². The molecular weight excluding hydrogens is 369 g/mol. The van der Waals surface area contributed by atoms with Gasteiger partial charge in [0.1, 0.15) is 12.4 Å². The lowest BCUT2D eigenvalue weighted by Gasteiger charge is -2.32. The molecule has 6 heteroatoms. The summed E-state index contributed by atoms with van der Waals surface area (Å²) in [6, 6.07) is 4.96. The van der Waals surface area contributed by atoms with E-state index in [1.165, 1.54) is 16.7 Å². The van der Waals surface area contributed by atoms with E-state index in [4.69, 9.17) is 4.74 Å². The summed E-state index contributed by atoms with van der Waals surface area (Å²) in [4.78, 5) is 13.3. The highest BCUT2D eigenvalue weighted by Gasteiger charge is 2.40. The molecule has 0 unspecified atom stereocenters. The summed E-state index contributed by atoms with van der Waals surface area (Å²) in [6.07, 6.45) is 2.10. The van der Waals surface area contributed by atoms with E-state index in [0.717, 1.165) is 29.9 Å². The van der Waals surface area contributed by atoms with Crippen LogP contribution in [0, 0.1) is 5.82 Å². The van der Waals surface area contributed by atoms with E-state index in [2.05, 4.69) is 21.2 Å². The van der Waals surface area contributed by atoms with Crippen molar-refractivity contribution in [2.75, 3.05) is 12.4 Å². The lowest BCUT2D eigenvalue weighted by Crippen LogP contribution is -2.28. The molecule has 3 heterocycles. The molecule has 4 rings (SSSR count). The maximum Gasteiger partial charge on any atom is 0.337 e. The van der Waals surface area contributed by atoms with Gasteiger partial charge in [0, 0.05) is 10.6 Å². The summed E-state index contributed by atoms with van der Waals surface area (Å²) in [5.41, 5.74) is 3.63. The van der Waals surface area contributed by atoms with E-state index in [9.17, 15) is 9.18 Å². The first-order valence-electron chi connectivity index (χ1n) is 7.13. The number of ether oxygens (including phenoxy) is 1. The molecule has 0 fully saturated rings. The molecule has 0 saturated carbocycles. The molecule has 3 nitrogen and oxygen atoms in total. The smallest absolute Gasteiger partial charge is 0.337 e. The number of nitrogens with one attached hydrogen (secondary N) is 1. The summed E-state index contributed by atoms with van der Waals surface area (Å²) in [6.45, 7) is 0.300. The molecule has 0 aromatic heterocycles. The molecule has 0 radical (unpaired) electrons. The third kappa shape index (κ3) is 2.20. The molecule has 3 aliphatic heterocycles. The van der Waals surface area contributed by atoms with Gasteiger partial charge in [-0.3, -0.25) is 0 Å². The van der Waals surface area contributed by atoms with Gasteiger partial charge in [0.15, 0.2) is 0 Å². The van der Waals surface area contributed by atoms with Gasteiger partial charge in [0.25, 0.3) is 0 Å². The Hall–Kier alpha value is -1.27. The van der Waals surface area contributed by atoms with Gasteiger partial charge in [0.2, 0.25) is 0 Å². The van der Waals surface area contributed by atoms with Crippen molar-refractivity contribution in [3.63, 3.8) is 0 Å². The SMILES string of the molecule is O=C1OCC2=C1[C@@H](c1ccc(F)c(Br)c1)C1=C(CCCS1)N2. The average Bonchev–Trinajstić information content (AvgIpc) is 2.89. The van der Waals surface area contributed by atoms with Gasteiger partial charge < -0.3 is 10.1 Å². The van der Waals surface area contributed by atoms with Crippen molar-refractivity contribution in [3.05, 3.63) is 55.9 Å². The van der Waals surface area contributed by atoms with Crippen LogP contribution in [0.4, 0.5) is 4.39 Å². The van der Waals surface area contributed by atoms with E-state index >= 15 is 0 Å². The number of allylic oxidation sites excluding steroid dienone is 2. The van der Waals surface area contributed by atoms with Crippen molar-refractivity contribution in [2.45, 2.75) is 18.8 Å². The monoisotopic (exact) mass is 381 g/mol. The van der Waals surface area contributed by atoms with Crippen LogP contribution in [0.5, 0.6) is 0 Å². The molecule has 1 N–H and O–H groups in total. The second kappa shape index (κ2) is 5.42.